The number of amides is 1. The molecule has 1 heterocycles. The average Bonchev–Trinajstić information content (AvgIpc) is 2.94. The van der Waals surface area contributed by atoms with Crippen molar-refractivity contribution in [3.63, 3.8) is 0 Å². The molecule has 8 nitrogen and oxygen atoms in total. The van der Waals surface area contributed by atoms with E-state index in [0.29, 0.717) is 21.3 Å². The number of hydrogen-bond donors (Lipinski definition) is 1. The summed E-state index contributed by atoms with van der Waals surface area (Å²) in [5.41, 5.74) is -0.00945. The van der Waals surface area contributed by atoms with Crippen LogP contribution in [0.3, 0.4) is 0 Å². The van der Waals surface area contributed by atoms with Crippen LogP contribution in [0.15, 0.2) is 24.4 Å². The lowest BCUT2D eigenvalue weighted by molar-refractivity contribution is 0.0910. The Morgan fingerprint density at radius 2 is 1.88 bits per heavy atom. The lowest BCUT2D eigenvalue weighted by atomic mass is 10.0. The highest BCUT2D eigenvalue weighted by molar-refractivity contribution is 7.85. The third-order valence-electron chi connectivity index (χ3n) is 3.35. The molecule has 0 saturated heterocycles. The predicted octanol–water partition coefficient (Wildman–Crippen LogP) is 2.23. The fraction of sp³-hybridized carbons (Fsp3) is 0.400. The number of carbonyl (C=O) groups excluding carboxylic acids is 1. The smallest absolute Gasteiger partial charge is 0.264 e. The van der Waals surface area contributed by atoms with Gasteiger partial charge in [0, 0.05) is 15.6 Å². The standard InChI is InChI=1S/C15H18Cl2N4O4S/c1-15(2,18-14(22)10-6-11(16)8-12(17)7-10)13-9-21(20-19-13)4-5-25-26(3,23)24/h6-9H,4-5H2,1-3H3,(H,18,22). The van der Waals surface area contributed by atoms with Crippen LogP contribution in [0.1, 0.15) is 29.9 Å². The molecule has 0 saturated carbocycles. The van der Waals surface area contributed by atoms with Gasteiger partial charge in [0.25, 0.3) is 16.0 Å². The molecule has 0 atom stereocenters. The maximum absolute atomic E-state index is 12.5. The van der Waals surface area contributed by atoms with E-state index in [4.69, 9.17) is 23.2 Å². The lowest BCUT2D eigenvalue weighted by Gasteiger charge is -2.23. The van der Waals surface area contributed by atoms with E-state index in [9.17, 15) is 13.2 Å². The molecule has 26 heavy (non-hydrogen) atoms. The summed E-state index contributed by atoms with van der Waals surface area (Å²) in [6.07, 6.45) is 2.58. The van der Waals surface area contributed by atoms with Gasteiger partial charge >= 0.3 is 0 Å². The molecule has 0 aliphatic rings. The molecule has 0 bridgehead atoms. The molecule has 11 heteroatoms. The zero-order valence-corrected chi connectivity index (χ0v) is 16.7. The Morgan fingerprint density at radius 3 is 2.46 bits per heavy atom. The van der Waals surface area contributed by atoms with Crippen molar-refractivity contribution in [2.45, 2.75) is 25.9 Å². The lowest BCUT2D eigenvalue weighted by Crippen LogP contribution is -2.41. The average molecular weight is 421 g/mol. The van der Waals surface area contributed by atoms with Gasteiger partial charge in [-0.05, 0) is 32.0 Å². The van der Waals surface area contributed by atoms with E-state index >= 15 is 0 Å². The third kappa shape index (κ3) is 5.94. The molecule has 1 aromatic heterocycles. The summed E-state index contributed by atoms with van der Waals surface area (Å²) in [5.74, 6) is -0.366. The van der Waals surface area contributed by atoms with Gasteiger partial charge in [-0.15, -0.1) is 5.10 Å². The van der Waals surface area contributed by atoms with Gasteiger partial charge in [0.15, 0.2) is 0 Å². The van der Waals surface area contributed by atoms with Crippen LogP contribution in [-0.4, -0.2) is 42.2 Å². The molecule has 1 N–H and O–H groups in total. The summed E-state index contributed by atoms with van der Waals surface area (Å²) < 4.78 is 28.0. The van der Waals surface area contributed by atoms with Gasteiger partial charge in [-0.25, -0.2) is 4.68 Å². The van der Waals surface area contributed by atoms with Crippen LogP contribution in [0.25, 0.3) is 0 Å². The predicted molar refractivity (Wildman–Crippen MR) is 97.8 cm³/mol. The first-order chi connectivity index (χ1) is 12.0. The molecular formula is C15H18Cl2N4O4S. The summed E-state index contributed by atoms with van der Waals surface area (Å²) in [7, 11) is -3.51. The van der Waals surface area contributed by atoms with E-state index in [0.717, 1.165) is 6.26 Å². The molecule has 0 spiro atoms. The van der Waals surface area contributed by atoms with E-state index in [2.05, 4.69) is 19.8 Å². The van der Waals surface area contributed by atoms with Crippen LogP contribution in [0, 0.1) is 0 Å². The molecule has 2 rings (SSSR count). The van der Waals surface area contributed by atoms with E-state index < -0.39 is 15.7 Å². The Kier molecular flexibility index (Phi) is 6.28. The van der Waals surface area contributed by atoms with Crippen molar-refractivity contribution >= 4 is 39.2 Å². The molecule has 0 aliphatic carbocycles. The van der Waals surface area contributed by atoms with Crippen molar-refractivity contribution in [2.24, 2.45) is 0 Å². The first-order valence-electron chi connectivity index (χ1n) is 7.50. The van der Waals surface area contributed by atoms with Crippen molar-refractivity contribution in [1.29, 1.82) is 0 Å². The zero-order chi connectivity index (χ0) is 19.5. The summed E-state index contributed by atoms with van der Waals surface area (Å²) >= 11 is 11.8. The molecule has 0 unspecified atom stereocenters. The highest BCUT2D eigenvalue weighted by Gasteiger charge is 2.27. The van der Waals surface area contributed by atoms with Gasteiger partial charge in [-0.2, -0.15) is 8.42 Å². The highest BCUT2D eigenvalue weighted by atomic mass is 35.5. The van der Waals surface area contributed by atoms with Crippen molar-refractivity contribution in [2.75, 3.05) is 12.9 Å². The summed E-state index contributed by atoms with van der Waals surface area (Å²) in [5, 5.41) is 11.5. The van der Waals surface area contributed by atoms with Gasteiger partial charge in [0.05, 0.1) is 31.1 Å². The molecule has 0 radical (unpaired) electrons. The highest BCUT2D eigenvalue weighted by Crippen LogP contribution is 2.22. The van der Waals surface area contributed by atoms with Gasteiger partial charge in [-0.3, -0.25) is 8.98 Å². The second-order valence-corrected chi connectivity index (χ2v) is 8.65. The Balaban J connectivity index is 2.06. The minimum atomic E-state index is -3.51. The number of halogens is 2. The minimum absolute atomic E-state index is 0.0601. The Morgan fingerprint density at radius 1 is 1.27 bits per heavy atom. The van der Waals surface area contributed by atoms with Crippen molar-refractivity contribution < 1.29 is 17.4 Å². The van der Waals surface area contributed by atoms with Gasteiger partial charge in [0.1, 0.15) is 5.69 Å². The Bertz CT molecular complexity index is 892. The van der Waals surface area contributed by atoms with Crippen LogP contribution in [0.2, 0.25) is 10.0 Å². The topological polar surface area (TPSA) is 103 Å². The van der Waals surface area contributed by atoms with E-state index in [1.54, 1.807) is 20.0 Å². The van der Waals surface area contributed by atoms with Gasteiger partial charge in [-0.1, -0.05) is 28.4 Å². The van der Waals surface area contributed by atoms with Crippen LogP contribution >= 0.6 is 23.2 Å². The molecule has 0 aliphatic heterocycles. The number of nitrogens with one attached hydrogen (secondary N) is 1. The number of nitrogens with zero attached hydrogens (tertiary/aromatic N) is 3. The van der Waals surface area contributed by atoms with Crippen LogP contribution in [0.5, 0.6) is 0 Å². The van der Waals surface area contributed by atoms with Crippen LogP contribution in [-0.2, 0) is 26.4 Å². The normalized spacial score (nSPS) is 12.2. The van der Waals surface area contributed by atoms with Crippen LogP contribution < -0.4 is 5.32 Å². The Labute approximate surface area is 161 Å². The first kappa shape index (κ1) is 20.6. The number of rotatable bonds is 7. The molecule has 142 valence electrons. The Hall–Kier alpha value is -1.68. The monoisotopic (exact) mass is 420 g/mol. The van der Waals surface area contributed by atoms with E-state index in [1.807, 2.05) is 0 Å². The van der Waals surface area contributed by atoms with E-state index in [-0.39, 0.29) is 19.1 Å². The zero-order valence-electron chi connectivity index (χ0n) is 14.4. The fourth-order valence-corrected chi connectivity index (χ4v) is 2.98. The molecule has 1 amide bonds. The van der Waals surface area contributed by atoms with Crippen molar-refractivity contribution in [1.82, 2.24) is 20.3 Å². The number of aromatic nitrogens is 3. The number of hydrogen-bond acceptors (Lipinski definition) is 6. The second-order valence-electron chi connectivity index (χ2n) is 6.13. The molecule has 1 aromatic carbocycles. The maximum Gasteiger partial charge on any atom is 0.264 e. The first-order valence-corrected chi connectivity index (χ1v) is 10.1. The molecular weight excluding hydrogens is 403 g/mol. The maximum atomic E-state index is 12.5. The number of benzene rings is 1. The molecule has 0 fully saturated rings. The second kappa shape index (κ2) is 7.91. The third-order valence-corrected chi connectivity index (χ3v) is 4.38. The largest absolute Gasteiger partial charge is 0.341 e. The van der Waals surface area contributed by atoms with Gasteiger partial charge in [0.2, 0.25) is 0 Å². The molecule has 2 aromatic rings. The minimum Gasteiger partial charge on any atom is -0.341 e. The van der Waals surface area contributed by atoms with Gasteiger partial charge < -0.3 is 5.32 Å². The quantitative estimate of drug-likeness (QED) is 0.688. The SMILES string of the molecule is CC(C)(NC(=O)c1cc(Cl)cc(Cl)c1)c1cn(CCOS(C)(=O)=O)nn1. The fourth-order valence-electron chi connectivity index (χ4n) is 2.08. The van der Waals surface area contributed by atoms with Crippen LogP contribution in [0.4, 0.5) is 0 Å². The summed E-state index contributed by atoms with van der Waals surface area (Å²) in [6.45, 7) is 3.67. The number of carbonyl (C=O) groups is 1. The summed E-state index contributed by atoms with van der Waals surface area (Å²) in [4.78, 5) is 12.5. The van der Waals surface area contributed by atoms with E-state index in [1.165, 1.54) is 22.9 Å². The van der Waals surface area contributed by atoms with Crippen molar-refractivity contribution in [3.8, 4) is 0 Å². The van der Waals surface area contributed by atoms with Crippen molar-refractivity contribution in [3.05, 3.63) is 45.7 Å². The summed E-state index contributed by atoms with van der Waals surface area (Å²) in [6, 6.07) is 4.56.